The lowest BCUT2D eigenvalue weighted by atomic mass is 9.75. The molecule has 0 spiro atoms. The summed E-state index contributed by atoms with van der Waals surface area (Å²) >= 11 is 1.60. The summed E-state index contributed by atoms with van der Waals surface area (Å²) in [5, 5.41) is 7.59. The first-order valence-corrected chi connectivity index (χ1v) is 13.1. The number of carbonyl (C=O) groups excluding carboxylic acids is 1. The Hall–Kier alpha value is -2.64. The summed E-state index contributed by atoms with van der Waals surface area (Å²) in [4.78, 5) is 17.3. The van der Waals surface area contributed by atoms with Gasteiger partial charge in [-0.3, -0.25) is 9.78 Å². The number of thioether (sulfide) groups is 1. The number of benzene rings is 2. The molecule has 1 atom stereocenters. The number of halogens is 1. The third-order valence-corrected chi connectivity index (χ3v) is 8.60. The molecule has 2 N–H and O–H groups in total. The number of nitrogens with one attached hydrogen (secondary N) is 2. The molecule has 34 heavy (non-hydrogen) atoms. The first-order chi connectivity index (χ1) is 16.6. The van der Waals surface area contributed by atoms with Crippen LogP contribution in [0, 0.1) is 17.7 Å². The predicted octanol–water partition coefficient (Wildman–Crippen LogP) is 5.32. The Kier molecular flexibility index (Phi) is 5.91. The smallest absolute Gasteiger partial charge is 0.234 e. The van der Waals surface area contributed by atoms with Gasteiger partial charge in [0.2, 0.25) is 5.91 Å². The monoisotopic (exact) mass is 477 g/mol. The molecule has 3 aromatic rings. The van der Waals surface area contributed by atoms with Crippen LogP contribution in [-0.2, 0) is 17.8 Å². The molecular formula is C27H28FN3O2S. The highest BCUT2D eigenvalue weighted by Crippen LogP contribution is 2.39. The average Bonchev–Trinajstić information content (AvgIpc) is 2.87. The van der Waals surface area contributed by atoms with E-state index in [1.54, 1.807) is 30.1 Å². The molecule has 1 amide bonds. The van der Waals surface area contributed by atoms with Crippen molar-refractivity contribution in [2.45, 2.75) is 49.6 Å². The van der Waals surface area contributed by atoms with E-state index in [2.05, 4.69) is 33.8 Å². The Bertz CT molecular complexity index is 1240. The van der Waals surface area contributed by atoms with Crippen LogP contribution < -0.4 is 15.4 Å². The molecular weight excluding hydrogens is 449 g/mol. The van der Waals surface area contributed by atoms with Crippen molar-refractivity contribution in [1.29, 1.82) is 0 Å². The van der Waals surface area contributed by atoms with Crippen LogP contribution in [0.15, 0.2) is 47.5 Å². The lowest BCUT2D eigenvalue weighted by Gasteiger charge is -2.36. The molecule has 0 saturated heterocycles. The summed E-state index contributed by atoms with van der Waals surface area (Å²) in [6, 6.07) is 11.7. The molecule has 1 unspecified atom stereocenters. The van der Waals surface area contributed by atoms with E-state index in [0.29, 0.717) is 23.6 Å². The number of hydrogen-bond acceptors (Lipinski definition) is 5. The molecule has 176 valence electrons. The Morgan fingerprint density at radius 3 is 2.88 bits per heavy atom. The van der Waals surface area contributed by atoms with E-state index in [1.165, 1.54) is 24.5 Å². The molecule has 2 aromatic carbocycles. The highest BCUT2D eigenvalue weighted by molar-refractivity contribution is 8.00. The van der Waals surface area contributed by atoms with Gasteiger partial charge in [-0.25, -0.2) is 4.39 Å². The minimum absolute atomic E-state index is 0.0737. The molecule has 1 aromatic heterocycles. The zero-order chi connectivity index (χ0) is 23.1. The Balaban J connectivity index is 1.06. The number of hydrogen-bond donors (Lipinski definition) is 2. The fraction of sp³-hybridized carbons (Fsp3) is 0.407. The van der Waals surface area contributed by atoms with Crippen molar-refractivity contribution in [1.82, 2.24) is 10.3 Å². The van der Waals surface area contributed by atoms with Gasteiger partial charge in [-0.1, -0.05) is 6.07 Å². The quantitative estimate of drug-likeness (QED) is 0.533. The van der Waals surface area contributed by atoms with Gasteiger partial charge in [0.1, 0.15) is 11.6 Å². The van der Waals surface area contributed by atoms with Crippen LogP contribution in [0.2, 0.25) is 0 Å². The van der Waals surface area contributed by atoms with Crippen LogP contribution >= 0.6 is 11.8 Å². The summed E-state index contributed by atoms with van der Waals surface area (Å²) in [7, 11) is 0. The molecule has 2 aliphatic heterocycles. The maximum Gasteiger partial charge on any atom is 0.234 e. The van der Waals surface area contributed by atoms with Crippen molar-refractivity contribution >= 4 is 34.3 Å². The molecule has 1 aliphatic carbocycles. The molecule has 0 radical (unpaired) electrons. The maximum absolute atomic E-state index is 13.9. The van der Waals surface area contributed by atoms with Gasteiger partial charge in [0.25, 0.3) is 0 Å². The van der Waals surface area contributed by atoms with Gasteiger partial charge < -0.3 is 15.4 Å². The number of ether oxygens (including phenoxy) is 1. The van der Waals surface area contributed by atoms with Crippen LogP contribution in [0.5, 0.6) is 5.75 Å². The van der Waals surface area contributed by atoms with E-state index >= 15 is 0 Å². The number of pyridine rings is 1. The third kappa shape index (κ3) is 4.39. The average molecular weight is 478 g/mol. The summed E-state index contributed by atoms with van der Waals surface area (Å²) in [5.74, 6) is 2.24. The van der Waals surface area contributed by atoms with E-state index in [-0.39, 0.29) is 11.7 Å². The lowest BCUT2D eigenvalue weighted by molar-refractivity contribution is -0.113. The van der Waals surface area contributed by atoms with E-state index < -0.39 is 0 Å². The van der Waals surface area contributed by atoms with Crippen LogP contribution in [0.4, 0.5) is 10.1 Å². The van der Waals surface area contributed by atoms with E-state index in [9.17, 15) is 9.18 Å². The minimum Gasteiger partial charge on any atom is -0.491 e. The molecule has 0 bridgehead atoms. The lowest BCUT2D eigenvalue weighted by Crippen LogP contribution is -2.37. The van der Waals surface area contributed by atoms with Crippen LogP contribution in [-0.4, -0.2) is 29.3 Å². The largest absolute Gasteiger partial charge is 0.491 e. The zero-order valence-corrected chi connectivity index (χ0v) is 19.8. The van der Waals surface area contributed by atoms with Gasteiger partial charge in [0.05, 0.1) is 29.8 Å². The topological polar surface area (TPSA) is 63.2 Å². The van der Waals surface area contributed by atoms with E-state index in [0.717, 1.165) is 65.2 Å². The highest BCUT2D eigenvalue weighted by atomic mass is 32.2. The Morgan fingerprint density at radius 2 is 2.00 bits per heavy atom. The fourth-order valence-corrected chi connectivity index (χ4v) is 6.44. The standard InChI is InChI=1S/C27H28FN3O2S/c28-19-4-7-23-21(11-19)22-10-18(14-33-25(22)13-30-23)17-2-5-20(6-3-17)29-12-16-1-8-26-24(9-16)31-27(32)15-34-26/h1,4,7-9,11,13,17-18,20,29H,2-3,5-6,10,12,14-15H2,(H,31,32). The predicted molar refractivity (Wildman–Crippen MR) is 133 cm³/mol. The minimum atomic E-state index is -0.225. The SMILES string of the molecule is O=C1CSc2ccc(CNC3CCC(C4COc5cnc6ccc(F)cc6c5C4)CC3)cc2N1. The number of rotatable bonds is 4. The second-order valence-corrected chi connectivity index (χ2v) is 10.7. The molecule has 3 aliphatic rings. The first kappa shape index (κ1) is 21.9. The molecule has 6 rings (SSSR count). The van der Waals surface area contributed by atoms with Crippen LogP contribution in [0.3, 0.4) is 0 Å². The second kappa shape index (κ2) is 9.19. The van der Waals surface area contributed by atoms with Gasteiger partial charge in [0.15, 0.2) is 0 Å². The molecule has 1 saturated carbocycles. The fourth-order valence-electron chi connectivity index (χ4n) is 5.65. The van der Waals surface area contributed by atoms with Gasteiger partial charge in [-0.15, -0.1) is 11.8 Å². The zero-order valence-electron chi connectivity index (χ0n) is 19.0. The number of carbonyl (C=O) groups is 1. The van der Waals surface area contributed by atoms with E-state index in [1.807, 2.05) is 0 Å². The number of anilines is 1. The summed E-state index contributed by atoms with van der Waals surface area (Å²) in [5.41, 5.74) is 4.08. The Labute approximate surface area is 202 Å². The summed E-state index contributed by atoms with van der Waals surface area (Å²) < 4.78 is 20.0. The van der Waals surface area contributed by atoms with E-state index in [4.69, 9.17) is 4.74 Å². The van der Waals surface area contributed by atoms with Gasteiger partial charge >= 0.3 is 0 Å². The molecule has 1 fully saturated rings. The van der Waals surface area contributed by atoms with Gasteiger partial charge in [-0.05, 0) is 73.9 Å². The number of nitrogens with zero attached hydrogens (tertiary/aromatic N) is 1. The highest BCUT2D eigenvalue weighted by Gasteiger charge is 2.32. The Morgan fingerprint density at radius 1 is 1.12 bits per heavy atom. The maximum atomic E-state index is 13.9. The van der Waals surface area contributed by atoms with Crippen molar-refractivity contribution in [2.24, 2.45) is 11.8 Å². The first-order valence-electron chi connectivity index (χ1n) is 12.1. The van der Waals surface area contributed by atoms with Crippen molar-refractivity contribution in [3.8, 4) is 5.75 Å². The van der Waals surface area contributed by atoms with Crippen molar-refractivity contribution in [3.63, 3.8) is 0 Å². The van der Waals surface area contributed by atoms with Crippen molar-refractivity contribution < 1.29 is 13.9 Å². The normalized spacial score (nSPS) is 24.1. The number of aromatic nitrogens is 1. The molecule has 5 nitrogen and oxygen atoms in total. The summed E-state index contributed by atoms with van der Waals surface area (Å²) in [6.45, 7) is 1.53. The number of amides is 1. The van der Waals surface area contributed by atoms with Crippen molar-refractivity contribution in [2.75, 3.05) is 17.7 Å². The number of fused-ring (bicyclic) bond motifs is 4. The third-order valence-electron chi connectivity index (χ3n) is 7.53. The van der Waals surface area contributed by atoms with Crippen LogP contribution in [0.25, 0.3) is 10.9 Å². The van der Waals surface area contributed by atoms with Gasteiger partial charge in [-0.2, -0.15) is 0 Å². The molecule has 7 heteroatoms. The van der Waals surface area contributed by atoms with Crippen LogP contribution in [0.1, 0.15) is 36.8 Å². The second-order valence-electron chi connectivity index (χ2n) is 9.70. The van der Waals surface area contributed by atoms with Gasteiger partial charge in [0, 0.05) is 34.3 Å². The molecule has 3 heterocycles. The van der Waals surface area contributed by atoms with Crippen molar-refractivity contribution in [3.05, 3.63) is 59.5 Å². The summed E-state index contributed by atoms with van der Waals surface area (Å²) in [6.07, 6.45) is 7.37.